The van der Waals surface area contributed by atoms with Gasteiger partial charge in [0.15, 0.2) is 0 Å². The standard InChI is InChI=1S/C26H26ClN3O4S/c1-34-22-11-7-19(8-12-22)25-24(27)26(31)30(25)21-9-13-23(14-10-21)35(32,33)29-17-15-28(16-18-29)20-5-3-2-4-6-20/h2-14,24-25H,15-18H2,1H3. The summed E-state index contributed by atoms with van der Waals surface area (Å²) in [5.74, 6) is 0.511. The van der Waals surface area contributed by atoms with Crippen molar-refractivity contribution in [2.75, 3.05) is 43.1 Å². The summed E-state index contributed by atoms with van der Waals surface area (Å²) in [5.41, 5.74) is 2.59. The van der Waals surface area contributed by atoms with Crippen molar-refractivity contribution < 1.29 is 17.9 Å². The number of alkyl halides is 1. The third-order valence-corrected chi connectivity index (χ3v) is 8.94. The number of carbonyl (C=O) groups is 1. The number of rotatable bonds is 6. The van der Waals surface area contributed by atoms with Gasteiger partial charge in [-0.3, -0.25) is 4.79 Å². The van der Waals surface area contributed by atoms with Gasteiger partial charge in [0, 0.05) is 37.6 Å². The van der Waals surface area contributed by atoms with E-state index in [9.17, 15) is 13.2 Å². The number of nitrogens with zero attached hydrogens (tertiary/aromatic N) is 3. The summed E-state index contributed by atoms with van der Waals surface area (Å²) in [5, 5.41) is -0.673. The quantitative estimate of drug-likeness (QED) is 0.371. The first kappa shape index (κ1) is 23.7. The lowest BCUT2D eigenvalue weighted by atomic mass is 9.92. The van der Waals surface area contributed by atoms with E-state index in [-0.39, 0.29) is 16.8 Å². The minimum atomic E-state index is -3.63. The molecule has 0 saturated carbocycles. The number of hydrogen-bond donors (Lipinski definition) is 0. The maximum atomic E-state index is 13.3. The minimum Gasteiger partial charge on any atom is -0.497 e. The molecule has 9 heteroatoms. The van der Waals surface area contributed by atoms with Gasteiger partial charge in [-0.1, -0.05) is 30.3 Å². The fourth-order valence-corrected chi connectivity index (χ4v) is 6.40. The Labute approximate surface area is 210 Å². The van der Waals surface area contributed by atoms with Crippen molar-refractivity contribution in [1.29, 1.82) is 0 Å². The normalized spacial score (nSPS) is 21.0. The molecule has 0 N–H and O–H groups in total. The molecule has 35 heavy (non-hydrogen) atoms. The molecule has 2 aliphatic rings. The van der Waals surface area contributed by atoms with E-state index in [4.69, 9.17) is 16.3 Å². The zero-order chi connectivity index (χ0) is 24.6. The Morgan fingerprint density at radius 2 is 1.46 bits per heavy atom. The summed E-state index contributed by atoms with van der Waals surface area (Å²) in [7, 11) is -2.04. The first-order valence-corrected chi connectivity index (χ1v) is 13.3. The Balaban J connectivity index is 1.30. The van der Waals surface area contributed by atoms with Crippen LogP contribution in [0.2, 0.25) is 0 Å². The molecule has 5 rings (SSSR count). The summed E-state index contributed by atoms with van der Waals surface area (Å²) in [4.78, 5) is 16.6. The number of anilines is 2. The molecule has 2 saturated heterocycles. The van der Waals surface area contributed by atoms with Crippen LogP contribution in [-0.4, -0.2) is 57.3 Å². The van der Waals surface area contributed by atoms with E-state index in [0.717, 1.165) is 17.0 Å². The molecule has 2 atom stereocenters. The molecule has 3 aromatic carbocycles. The van der Waals surface area contributed by atoms with Gasteiger partial charge in [-0.05, 0) is 54.1 Å². The Kier molecular flexibility index (Phi) is 6.44. The van der Waals surface area contributed by atoms with Crippen molar-refractivity contribution in [2.45, 2.75) is 16.3 Å². The maximum Gasteiger partial charge on any atom is 0.248 e. The average Bonchev–Trinajstić information content (AvgIpc) is 2.92. The monoisotopic (exact) mass is 511 g/mol. The topological polar surface area (TPSA) is 70.2 Å². The van der Waals surface area contributed by atoms with E-state index in [1.165, 1.54) is 4.31 Å². The number of hydrogen-bond acceptors (Lipinski definition) is 5. The van der Waals surface area contributed by atoms with Crippen molar-refractivity contribution in [3.8, 4) is 5.75 Å². The predicted octanol–water partition coefficient (Wildman–Crippen LogP) is 3.90. The maximum absolute atomic E-state index is 13.3. The third-order valence-electron chi connectivity index (χ3n) is 6.60. The Morgan fingerprint density at radius 1 is 0.829 bits per heavy atom. The first-order chi connectivity index (χ1) is 16.9. The second-order valence-electron chi connectivity index (χ2n) is 8.55. The van der Waals surface area contributed by atoms with E-state index in [1.807, 2.05) is 54.6 Å². The molecule has 0 aliphatic carbocycles. The number of methoxy groups -OCH3 is 1. The summed E-state index contributed by atoms with van der Waals surface area (Å²) in [6.45, 7) is 2.09. The molecule has 182 valence electrons. The Hall–Kier alpha value is -3.07. The SMILES string of the molecule is COc1ccc(C2C(Cl)C(=O)N2c2ccc(S(=O)(=O)N3CCN(c4ccccc4)CC3)cc2)cc1. The second-order valence-corrected chi connectivity index (χ2v) is 11.0. The molecule has 0 aromatic heterocycles. The fourth-order valence-electron chi connectivity index (χ4n) is 4.61. The van der Waals surface area contributed by atoms with Crippen molar-refractivity contribution in [1.82, 2.24) is 4.31 Å². The molecule has 0 bridgehead atoms. The molecule has 2 unspecified atom stereocenters. The van der Waals surface area contributed by atoms with Crippen LogP contribution in [0.4, 0.5) is 11.4 Å². The lowest BCUT2D eigenvalue weighted by Crippen LogP contribution is -2.56. The molecule has 2 heterocycles. The molecule has 3 aromatic rings. The molecular weight excluding hydrogens is 486 g/mol. The second kappa shape index (κ2) is 9.53. The van der Waals surface area contributed by atoms with Crippen LogP contribution in [0.15, 0.2) is 83.8 Å². The third kappa shape index (κ3) is 4.37. The van der Waals surface area contributed by atoms with Crippen LogP contribution >= 0.6 is 11.6 Å². The number of ether oxygens (including phenoxy) is 1. The lowest BCUT2D eigenvalue weighted by molar-refractivity contribution is -0.123. The molecule has 7 nitrogen and oxygen atoms in total. The highest BCUT2D eigenvalue weighted by molar-refractivity contribution is 7.89. The van der Waals surface area contributed by atoms with Gasteiger partial charge in [0.05, 0.1) is 18.0 Å². The van der Waals surface area contributed by atoms with E-state index >= 15 is 0 Å². The molecule has 1 amide bonds. The van der Waals surface area contributed by atoms with Gasteiger partial charge in [0.25, 0.3) is 0 Å². The molecule has 0 spiro atoms. The highest BCUT2D eigenvalue weighted by Gasteiger charge is 2.48. The number of carbonyl (C=O) groups excluding carboxylic acids is 1. The van der Waals surface area contributed by atoms with Gasteiger partial charge in [0.2, 0.25) is 15.9 Å². The summed E-state index contributed by atoms with van der Waals surface area (Å²) in [6, 6.07) is 23.5. The van der Waals surface area contributed by atoms with Gasteiger partial charge in [-0.15, -0.1) is 11.6 Å². The van der Waals surface area contributed by atoms with Gasteiger partial charge in [0.1, 0.15) is 11.1 Å². The van der Waals surface area contributed by atoms with Crippen LogP contribution in [0.3, 0.4) is 0 Å². The first-order valence-electron chi connectivity index (χ1n) is 11.4. The van der Waals surface area contributed by atoms with E-state index in [2.05, 4.69) is 4.90 Å². The number of halogens is 1. The van der Waals surface area contributed by atoms with Crippen LogP contribution in [0.5, 0.6) is 5.75 Å². The molecule has 0 radical (unpaired) electrons. The van der Waals surface area contributed by atoms with Crippen LogP contribution in [0.1, 0.15) is 11.6 Å². The number of β-lactam (4-membered cyclic amide) rings is 1. The van der Waals surface area contributed by atoms with Crippen molar-refractivity contribution in [2.24, 2.45) is 0 Å². The Morgan fingerprint density at radius 3 is 2.06 bits per heavy atom. The number of sulfonamides is 1. The number of amides is 1. The van der Waals surface area contributed by atoms with Crippen molar-refractivity contribution in [3.05, 3.63) is 84.4 Å². The number of para-hydroxylation sites is 1. The van der Waals surface area contributed by atoms with Gasteiger partial charge >= 0.3 is 0 Å². The minimum absolute atomic E-state index is 0.208. The van der Waals surface area contributed by atoms with Gasteiger partial charge < -0.3 is 14.5 Å². The van der Waals surface area contributed by atoms with E-state index < -0.39 is 15.4 Å². The van der Waals surface area contributed by atoms with Crippen LogP contribution < -0.4 is 14.5 Å². The zero-order valence-electron chi connectivity index (χ0n) is 19.2. The summed E-state index contributed by atoms with van der Waals surface area (Å²) in [6.07, 6.45) is 0. The van der Waals surface area contributed by atoms with Crippen molar-refractivity contribution >= 4 is 38.9 Å². The van der Waals surface area contributed by atoms with Crippen molar-refractivity contribution in [3.63, 3.8) is 0 Å². The van der Waals surface area contributed by atoms with E-state index in [1.54, 1.807) is 36.3 Å². The molecule has 2 fully saturated rings. The lowest BCUT2D eigenvalue weighted by Gasteiger charge is -2.44. The number of piperazine rings is 1. The summed E-state index contributed by atoms with van der Waals surface area (Å²) >= 11 is 6.35. The number of benzene rings is 3. The van der Waals surface area contributed by atoms with Gasteiger partial charge in [-0.2, -0.15) is 4.31 Å². The largest absolute Gasteiger partial charge is 0.497 e. The average molecular weight is 512 g/mol. The van der Waals surface area contributed by atoms with Crippen LogP contribution in [0.25, 0.3) is 0 Å². The van der Waals surface area contributed by atoms with Gasteiger partial charge in [-0.25, -0.2) is 8.42 Å². The van der Waals surface area contributed by atoms with Crippen LogP contribution in [-0.2, 0) is 14.8 Å². The molecule has 2 aliphatic heterocycles. The summed E-state index contributed by atoms with van der Waals surface area (Å²) < 4.78 is 33.2. The highest BCUT2D eigenvalue weighted by Crippen LogP contribution is 2.42. The molecular formula is C26H26ClN3O4S. The smallest absolute Gasteiger partial charge is 0.248 e. The predicted molar refractivity (Wildman–Crippen MR) is 137 cm³/mol. The van der Waals surface area contributed by atoms with E-state index in [0.29, 0.717) is 31.9 Å². The van der Waals surface area contributed by atoms with Crippen LogP contribution in [0, 0.1) is 0 Å². The fraction of sp³-hybridized carbons (Fsp3) is 0.269. The Bertz CT molecular complexity index is 1290. The zero-order valence-corrected chi connectivity index (χ0v) is 20.8. The highest BCUT2D eigenvalue weighted by atomic mass is 35.5.